The molecule has 3 rings (SSSR count). The average Bonchev–Trinajstić information content (AvgIpc) is 2.77. The molecule has 1 amide bonds. The third-order valence-corrected chi connectivity index (χ3v) is 5.22. The summed E-state index contributed by atoms with van der Waals surface area (Å²) in [6.07, 6.45) is 0. The first kappa shape index (κ1) is 13.7. The quantitative estimate of drug-likeness (QED) is 0.790. The second-order valence-corrected chi connectivity index (χ2v) is 7.07. The Morgan fingerprint density at radius 3 is 2.35 bits per heavy atom. The van der Waals surface area contributed by atoms with Crippen LogP contribution in [0.25, 0.3) is 0 Å². The molecule has 0 aromatic heterocycles. The third-order valence-electron chi connectivity index (χ3n) is 3.34. The number of halogens is 1. The minimum atomic E-state index is -0.0103. The zero-order valence-electron chi connectivity index (χ0n) is 11.0. The van der Waals surface area contributed by atoms with Gasteiger partial charge in [0.25, 0.3) is 0 Å². The summed E-state index contributed by atoms with van der Waals surface area (Å²) in [4.78, 5) is 14.4. The van der Waals surface area contributed by atoms with Gasteiger partial charge in [-0.25, -0.2) is 0 Å². The van der Waals surface area contributed by atoms with E-state index in [1.807, 2.05) is 54.3 Å². The Labute approximate surface area is 131 Å². The summed E-state index contributed by atoms with van der Waals surface area (Å²) >= 11 is 5.15. The first-order valence-electron chi connectivity index (χ1n) is 6.46. The second-order valence-electron chi connectivity index (χ2n) is 4.73. The Morgan fingerprint density at radius 2 is 1.70 bits per heavy atom. The molecule has 2 aromatic rings. The van der Waals surface area contributed by atoms with E-state index in [0.29, 0.717) is 0 Å². The van der Waals surface area contributed by atoms with Crippen molar-refractivity contribution in [1.29, 1.82) is 0 Å². The van der Waals surface area contributed by atoms with Crippen molar-refractivity contribution in [2.45, 2.75) is 17.5 Å². The van der Waals surface area contributed by atoms with Gasteiger partial charge in [-0.3, -0.25) is 9.69 Å². The molecule has 0 radical (unpaired) electrons. The van der Waals surface area contributed by atoms with Gasteiger partial charge < -0.3 is 0 Å². The van der Waals surface area contributed by atoms with Gasteiger partial charge in [0.05, 0.1) is 5.25 Å². The summed E-state index contributed by atoms with van der Waals surface area (Å²) < 4.78 is 1.05. The molecular weight excluding hydrogens is 334 g/mol. The van der Waals surface area contributed by atoms with Crippen LogP contribution in [0.2, 0.25) is 0 Å². The van der Waals surface area contributed by atoms with Gasteiger partial charge in [0.1, 0.15) is 5.37 Å². The van der Waals surface area contributed by atoms with Gasteiger partial charge >= 0.3 is 0 Å². The Bertz CT molecular complexity index is 614. The van der Waals surface area contributed by atoms with E-state index in [9.17, 15) is 4.79 Å². The first-order chi connectivity index (χ1) is 9.66. The number of amides is 1. The van der Waals surface area contributed by atoms with E-state index in [4.69, 9.17) is 0 Å². The fraction of sp³-hybridized carbons (Fsp3) is 0.188. The van der Waals surface area contributed by atoms with Crippen LogP contribution < -0.4 is 4.90 Å². The van der Waals surface area contributed by atoms with Crippen molar-refractivity contribution in [2.75, 3.05) is 4.90 Å². The second kappa shape index (κ2) is 5.62. The van der Waals surface area contributed by atoms with Gasteiger partial charge in [-0.1, -0.05) is 46.3 Å². The number of nitrogens with zero attached hydrogens (tertiary/aromatic N) is 1. The van der Waals surface area contributed by atoms with Crippen LogP contribution in [-0.4, -0.2) is 11.2 Å². The van der Waals surface area contributed by atoms with Gasteiger partial charge in [-0.2, -0.15) is 0 Å². The van der Waals surface area contributed by atoms with Crippen molar-refractivity contribution in [3.8, 4) is 0 Å². The van der Waals surface area contributed by atoms with E-state index in [0.717, 1.165) is 15.7 Å². The number of para-hydroxylation sites is 1. The lowest BCUT2D eigenvalue weighted by molar-refractivity contribution is -0.117. The van der Waals surface area contributed by atoms with E-state index in [2.05, 4.69) is 28.1 Å². The molecule has 0 spiro atoms. The zero-order chi connectivity index (χ0) is 14.1. The number of anilines is 1. The largest absolute Gasteiger partial charge is 0.295 e. The smallest absolute Gasteiger partial charge is 0.241 e. The molecule has 1 aliphatic heterocycles. The topological polar surface area (TPSA) is 20.3 Å². The van der Waals surface area contributed by atoms with Crippen LogP contribution in [0.5, 0.6) is 0 Å². The molecule has 20 heavy (non-hydrogen) atoms. The van der Waals surface area contributed by atoms with Gasteiger partial charge in [-0.05, 0) is 36.8 Å². The molecular formula is C16H14BrNOS. The number of rotatable bonds is 2. The fourth-order valence-corrected chi connectivity index (χ4v) is 3.87. The van der Waals surface area contributed by atoms with Gasteiger partial charge in [0, 0.05) is 10.2 Å². The summed E-state index contributed by atoms with van der Waals surface area (Å²) in [6, 6.07) is 18.1. The average molecular weight is 348 g/mol. The Kier molecular flexibility index (Phi) is 3.85. The van der Waals surface area contributed by atoms with E-state index >= 15 is 0 Å². The summed E-state index contributed by atoms with van der Waals surface area (Å²) in [5, 5.41) is 0.0388. The van der Waals surface area contributed by atoms with Gasteiger partial charge in [0.15, 0.2) is 0 Å². The van der Waals surface area contributed by atoms with Crippen molar-refractivity contribution >= 4 is 39.3 Å². The summed E-state index contributed by atoms with van der Waals surface area (Å²) in [5.74, 6) is 0.175. The maximum Gasteiger partial charge on any atom is 0.241 e. The first-order valence-corrected chi connectivity index (χ1v) is 8.19. The molecule has 0 unspecified atom stereocenters. The van der Waals surface area contributed by atoms with Crippen LogP contribution in [0.3, 0.4) is 0 Å². The lowest BCUT2D eigenvalue weighted by Gasteiger charge is -2.24. The normalized spacial score (nSPS) is 22.3. The Morgan fingerprint density at radius 1 is 1.05 bits per heavy atom. The molecule has 1 fully saturated rings. The monoisotopic (exact) mass is 347 g/mol. The minimum absolute atomic E-state index is 0.0103. The van der Waals surface area contributed by atoms with Crippen molar-refractivity contribution in [3.63, 3.8) is 0 Å². The fourth-order valence-electron chi connectivity index (χ4n) is 2.33. The number of hydrogen-bond donors (Lipinski definition) is 0. The van der Waals surface area contributed by atoms with E-state index in [-0.39, 0.29) is 16.5 Å². The molecule has 2 nitrogen and oxygen atoms in total. The van der Waals surface area contributed by atoms with Crippen LogP contribution in [-0.2, 0) is 4.79 Å². The zero-order valence-corrected chi connectivity index (χ0v) is 13.4. The van der Waals surface area contributed by atoms with E-state index in [1.54, 1.807) is 11.8 Å². The number of carbonyl (C=O) groups excluding carboxylic acids is 1. The molecule has 2 atom stereocenters. The molecule has 1 heterocycles. The minimum Gasteiger partial charge on any atom is -0.295 e. The standard InChI is InChI=1S/C16H14BrNOS/c1-11-15(19)18(14-5-3-2-4-6-14)16(20-11)12-7-9-13(17)10-8-12/h2-11,16H,1H3/t11-,16+/m1/s1. The molecule has 1 saturated heterocycles. The van der Waals surface area contributed by atoms with Crippen molar-refractivity contribution in [2.24, 2.45) is 0 Å². The predicted octanol–water partition coefficient (Wildman–Crippen LogP) is 4.62. The highest BCUT2D eigenvalue weighted by molar-refractivity contribution is 9.10. The molecule has 0 aliphatic carbocycles. The lowest BCUT2D eigenvalue weighted by atomic mass is 10.2. The van der Waals surface area contributed by atoms with Crippen molar-refractivity contribution in [1.82, 2.24) is 0 Å². The molecule has 0 bridgehead atoms. The van der Waals surface area contributed by atoms with Crippen molar-refractivity contribution in [3.05, 3.63) is 64.6 Å². The number of benzene rings is 2. The highest BCUT2D eigenvalue weighted by Crippen LogP contribution is 2.45. The van der Waals surface area contributed by atoms with Crippen LogP contribution in [0.4, 0.5) is 5.69 Å². The van der Waals surface area contributed by atoms with Crippen LogP contribution in [0.1, 0.15) is 17.9 Å². The molecule has 0 N–H and O–H groups in total. The van der Waals surface area contributed by atoms with E-state index < -0.39 is 0 Å². The molecule has 102 valence electrons. The number of thioether (sulfide) groups is 1. The van der Waals surface area contributed by atoms with Gasteiger partial charge in [-0.15, -0.1) is 11.8 Å². The van der Waals surface area contributed by atoms with Crippen LogP contribution in [0.15, 0.2) is 59.1 Å². The number of hydrogen-bond acceptors (Lipinski definition) is 2. The Balaban J connectivity index is 2.00. The maximum atomic E-state index is 12.5. The van der Waals surface area contributed by atoms with Crippen molar-refractivity contribution < 1.29 is 4.79 Å². The maximum absolute atomic E-state index is 12.5. The summed E-state index contributed by atoms with van der Waals surface area (Å²) in [5.41, 5.74) is 2.11. The molecule has 0 saturated carbocycles. The van der Waals surface area contributed by atoms with Crippen LogP contribution >= 0.6 is 27.7 Å². The van der Waals surface area contributed by atoms with Gasteiger partial charge in [0.2, 0.25) is 5.91 Å². The SMILES string of the molecule is C[C@H]1S[C@@H](c2ccc(Br)cc2)N(c2ccccc2)C1=O. The van der Waals surface area contributed by atoms with Crippen LogP contribution in [0, 0.1) is 0 Å². The van der Waals surface area contributed by atoms with E-state index in [1.165, 1.54) is 0 Å². The third kappa shape index (κ3) is 2.50. The highest BCUT2D eigenvalue weighted by atomic mass is 79.9. The molecule has 1 aliphatic rings. The summed E-state index contributed by atoms with van der Waals surface area (Å²) in [7, 11) is 0. The molecule has 4 heteroatoms. The summed E-state index contributed by atoms with van der Waals surface area (Å²) in [6.45, 7) is 1.97. The predicted molar refractivity (Wildman–Crippen MR) is 87.9 cm³/mol. The number of carbonyl (C=O) groups is 1. The Hall–Kier alpha value is -1.26. The highest BCUT2D eigenvalue weighted by Gasteiger charge is 2.39. The molecule has 2 aromatic carbocycles. The lowest BCUT2D eigenvalue weighted by Crippen LogP contribution is -2.29.